The van der Waals surface area contributed by atoms with Crippen molar-refractivity contribution in [2.45, 2.75) is 24.2 Å². The van der Waals surface area contributed by atoms with Gasteiger partial charge in [-0.05, 0) is 62.4 Å². The first-order valence-electron chi connectivity index (χ1n) is 12.8. The zero-order valence-electron chi connectivity index (χ0n) is 23.1. The second kappa shape index (κ2) is 13.6. The maximum Gasteiger partial charge on any atom is 0.261 e. The Bertz CT molecular complexity index is 2100. The number of halogens is 2. The van der Waals surface area contributed by atoms with Gasteiger partial charge in [-0.15, -0.1) is 15.3 Å². The number of hydrogen-bond acceptors (Lipinski definition) is 10. The zero-order chi connectivity index (χ0) is 31.4. The Labute approximate surface area is 267 Å². The van der Waals surface area contributed by atoms with E-state index in [0.717, 1.165) is 0 Å². The monoisotopic (exact) mass is 668 g/mol. The number of ketones is 2. The van der Waals surface area contributed by atoms with Gasteiger partial charge < -0.3 is 0 Å². The molecule has 2 aromatic carbocycles. The van der Waals surface area contributed by atoms with Gasteiger partial charge in [0.1, 0.15) is 0 Å². The van der Waals surface area contributed by atoms with E-state index in [2.05, 4.69) is 30.4 Å². The number of rotatable bonds is 8. The molecule has 0 aliphatic rings. The minimum Gasteiger partial charge on any atom is -0.293 e. The average Bonchev–Trinajstić information content (AvgIpc) is 3.59. The van der Waals surface area contributed by atoms with Crippen LogP contribution in [-0.2, 0) is 0 Å². The van der Waals surface area contributed by atoms with Gasteiger partial charge in [-0.3, -0.25) is 28.6 Å². The Morgan fingerprint density at radius 3 is 1.93 bits per heavy atom. The molecular formula is C28H22Cl2N8O4S2. The van der Waals surface area contributed by atoms with E-state index in [1.54, 1.807) is 66.8 Å². The number of carbonyl (C=O) groups excluding carboxylic acids is 2. The number of Topliss-reactive ketones (excluding diaryl/α,β-unsaturated/α-hetero) is 2. The van der Waals surface area contributed by atoms with Crippen LogP contribution in [0, 0.1) is 13.8 Å². The van der Waals surface area contributed by atoms with Crippen molar-refractivity contribution in [2.75, 3.05) is 11.5 Å². The first-order valence-corrected chi connectivity index (χ1v) is 15.5. The van der Waals surface area contributed by atoms with Gasteiger partial charge in [0.05, 0.1) is 11.5 Å². The third kappa shape index (κ3) is 7.27. The van der Waals surface area contributed by atoms with Crippen LogP contribution in [-0.4, -0.2) is 62.2 Å². The minimum atomic E-state index is -0.230. The lowest BCUT2D eigenvalue weighted by molar-refractivity contribution is 0.101. The van der Waals surface area contributed by atoms with Crippen molar-refractivity contribution in [3.05, 3.63) is 114 Å². The summed E-state index contributed by atoms with van der Waals surface area (Å²) in [7, 11) is 0. The number of carbonyl (C=O) groups is 2. The third-order valence-corrected chi connectivity index (χ3v) is 8.42. The van der Waals surface area contributed by atoms with Gasteiger partial charge in [-0.25, -0.2) is 14.5 Å². The van der Waals surface area contributed by atoms with Crippen LogP contribution in [0.25, 0.3) is 11.6 Å². The lowest BCUT2D eigenvalue weighted by Crippen LogP contribution is -2.14. The SMILES string of the molecule is Cc1cc(=O)[nH]c2nnc(SCC(=O)c3ccc(Cl)cc3)n12.Cc1cc(=O)n2c(SCC(=O)c3ccc(Cl)cc3)n[nH]c2n1. The van der Waals surface area contributed by atoms with Crippen LogP contribution in [0.5, 0.6) is 0 Å². The van der Waals surface area contributed by atoms with Crippen molar-refractivity contribution in [3.8, 4) is 0 Å². The van der Waals surface area contributed by atoms with E-state index in [-0.39, 0.29) is 34.2 Å². The first-order chi connectivity index (χ1) is 21.1. The molecule has 0 aliphatic carbocycles. The quantitative estimate of drug-likeness (QED) is 0.172. The molecule has 0 spiro atoms. The number of thioether (sulfide) groups is 2. The summed E-state index contributed by atoms with van der Waals surface area (Å²) < 4.78 is 3.06. The fraction of sp³-hybridized carbons (Fsp3) is 0.143. The number of nitrogens with one attached hydrogen (secondary N) is 2. The van der Waals surface area contributed by atoms with Gasteiger partial charge in [0.25, 0.3) is 11.1 Å². The molecule has 12 nitrogen and oxygen atoms in total. The van der Waals surface area contributed by atoms with Crippen molar-refractivity contribution in [3.63, 3.8) is 0 Å². The van der Waals surface area contributed by atoms with E-state index in [1.165, 1.54) is 40.1 Å². The number of aromatic amines is 2. The largest absolute Gasteiger partial charge is 0.293 e. The molecule has 0 saturated heterocycles. The molecule has 0 aliphatic heterocycles. The van der Waals surface area contributed by atoms with E-state index >= 15 is 0 Å². The Balaban J connectivity index is 0.000000175. The molecule has 0 unspecified atom stereocenters. The molecule has 0 amide bonds. The second-order valence-corrected chi connectivity index (χ2v) is 12.0. The Morgan fingerprint density at radius 2 is 1.34 bits per heavy atom. The molecule has 0 atom stereocenters. The lowest BCUT2D eigenvalue weighted by atomic mass is 10.1. The van der Waals surface area contributed by atoms with Crippen molar-refractivity contribution in [1.29, 1.82) is 0 Å². The van der Waals surface area contributed by atoms with E-state index in [9.17, 15) is 19.2 Å². The summed E-state index contributed by atoms with van der Waals surface area (Å²) in [4.78, 5) is 54.4. The summed E-state index contributed by atoms with van der Waals surface area (Å²) in [5, 5.41) is 16.8. The first kappa shape index (κ1) is 31.2. The zero-order valence-corrected chi connectivity index (χ0v) is 26.2. The van der Waals surface area contributed by atoms with E-state index in [4.69, 9.17) is 23.2 Å². The van der Waals surface area contributed by atoms with Gasteiger partial charge in [0.15, 0.2) is 21.9 Å². The van der Waals surface area contributed by atoms with Crippen LogP contribution in [0.15, 0.2) is 80.6 Å². The van der Waals surface area contributed by atoms with Gasteiger partial charge in [-0.1, -0.05) is 46.7 Å². The molecule has 0 bridgehead atoms. The fourth-order valence-electron chi connectivity index (χ4n) is 3.96. The maximum absolute atomic E-state index is 12.1. The van der Waals surface area contributed by atoms with Gasteiger partial charge >= 0.3 is 0 Å². The number of aromatic nitrogens is 8. The Hall–Kier alpha value is -4.24. The summed E-state index contributed by atoms with van der Waals surface area (Å²) >= 11 is 14.0. The standard InChI is InChI=1S/2C14H11ClN4O2S/c1-8-6-12(21)16-13-17-18-14(19(8)13)22-7-11(20)9-2-4-10(15)5-3-9;1-8-6-12(21)19-13(16-8)17-18-14(19)22-7-11(20)9-2-4-10(15)5-3-9/h2-6H,7H2,1H3,(H,16,17,21);2-6H,7H2,1H3,(H,16,17). The van der Waals surface area contributed by atoms with Gasteiger partial charge in [-0.2, -0.15) is 0 Å². The highest BCUT2D eigenvalue weighted by Crippen LogP contribution is 2.20. The molecule has 6 rings (SSSR count). The van der Waals surface area contributed by atoms with Crippen molar-refractivity contribution < 1.29 is 9.59 Å². The minimum absolute atomic E-state index is 0.0273. The molecular weight excluding hydrogens is 647 g/mol. The Kier molecular flexibility index (Phi) is 9.64. The number of H-pyrrole nitrogens is 2. The van der Waals surface area contributed by atoms with Crippen molar-refractivity contribution >= 4 is 69.8 Å². The highest BCUT2D eigenvalue weighted by atomic mass is 35.5. The van der Waals surface area contributed by atoms with Crippen LogP contribution in [0.4, 0.5) is 0 Å². The molecule has 16 heteroatoms. The summed E-state index contributed by atoms with van der Waals surface area (Å²) in [6.45, 7) is 3.52. The van der Waals surface area contributed by atoms with Crippen molar-refractivity contribution in [1.82, 2.24) is 39.2 Å². The summed E-state index contributed by atoms with van der Waals surface area (Å²) in [6, 6.07) is 16.3. The normalized spacial score (nSPS) is 11.0. The van der Waals surface area contributed by atoms with Gasteiger partial charge in [0, 0.05) is 44.7 Å². The van der Waals surface area contributed by atoms with Crippen LogP contribution < -0.4 is 11.1 Å². The van der Waals surface area contributed by atoms with Crippen LogP contribution in [0.3, 0.4) is 0 Å². The van der Waals surface area contributed by atoms with Gasteiger partial charge in [0.2, 0.25) is 11.6 Å². The molecule has 224 valence electrons. The molecule has 2 N–H and O–H groups in total. The number of aryl methyl sites for hydroxylation is 2. The molecule has 4 aromatic heterocycles. The highest BCUT2D eigenvalue weighted by Gasteiger charge is 2.14. The predicted octanol–water partition coefficient (Wildman–Crippen LogP) is 4.71. The van der Waals surface area contributed by atoms with E-state index in [0.29, 0.717) is 54.4 Å². The van der Waals surface area contributed by atoms with E-state index < -0.39 is 0 Å². The molecule has 44 heavy (non-hydrogen) atoms. The third-order valence-electron chi connectivity index (χ3n) is 6.05. The van der Waals surface area contributed by atoms with Crippen molar-refractivity contribution in [2.24, 2.45) is 0 Å². The fourth-order valence-corrected chi connectivity index (χ4v) is 5.94. The number of benzene rings is 2. The number of fused-ring (bicyclic) bond motifs is 2. The maximum atomic E-state index is 12.1. The highest BCUT2D eigenvalue weighted by molar-refractivity contribution is 8.00. The second-order valence-electron chi connectivity index (χ2n) is 9.26. The van der Waals surface area contributed by atoms with Crippen LogP contribution in [0.1, 0.15) is 32.1 Å². The molecule has 6 aromatic rings. The molecule has 0 fully saturated rings. The molecule has 0 radical (unpaired) electrons. The lowest BCUT2D eigenvalue weighted by Gasteiger charge is -2.03. The predicted molar refractivity (Wildman–Crippen MR) is 170 cm³/mol. The Morgan fingerprint density at radius 1 is 0.773 bits per heavy atom. The average molecular weight is 670 g/mol. The molecule has 0 saturated carbocycles. The number of nitrogens with zero attached hydrogens (tertiary/aromatic N) is 6. The van der Waals surface area contributed by atoms with Crippen LogP contribution in [0.2, 0.25) is 10.0 Å². The van der Waals surface area contributed by atoms with Crippen LogP contribution >= 0.6 is 46.7 Å². The summed E-state index contributed by atoms with van der Waals surface area (Å²) in [6.07, 6.45) is 0. The summed E-state index contributed by atoms with van der Waals surface area (Å²) in [5.74, 6) is 1.03. The smallest absolute Gasteiger partial charge is 0.261 e. The molecule has 4 heterocycles. The summed E-state index contributed by atoms with van der Waals surface area (Å²) in [5.41, 5.74) is 2.03. The topological polar surface area (TPSA) is 160 Å². The number of hydrogen-bond donors (Lipinski definition) is 2. The van der Waals surface area contributed by atoms with E-state index in [1.807, 2.05) is 0 Å².